The predicted octanol–water partition coefficient (Wildman–Crippen LogP) is 3.21. The number of nitrogens with zero attached hydrogens (tertiary/aromatic N) is 3. The maximum absolute atomic E-state index is 12.9. The van der Waals surface area contributed by atoms with Crippen molar-refractivity contribution in [3.05, 3.63) is 45.5 Å². The number of benzene rings is 1. The molecule has 1 aromatic carbocycles. The first kappa shape index (κ1) is 23.2. The van der Waals surface area contributed by atoms with E-state index in [0.717, 1.165) is 6.07 Å². The average molecular weight is 445 g/mol. The Morgan fingerprint density at radius 3 is 2.38 bits per heavy atom. The number of methoxy groups -OCH3 is 1. The molecular formula is C22H27N3O7. The molecule has 3 rings (SSSR count). The van der Waals surface area contributed by atoms with Gasteiger partial charge >= 0.3 is 12.1 Å². The van der Waals surface area contributed by atoms with Gasteiger partial charge in [0.05, 0.1) is 28.9 Å². The summed E-state index contributed by atoms with van der Waals surface area (Å²) in [7, 11) is 1.19. The molecule has 0 saturated carbocycles. The van der Waals surface area contributed by atoms with Crippen molar-refractivity contribution in [1.29, 1.82) is 0 Å². The smallest absolute Gasteiger partial charge is 0.414 e. The Hall–Kier alpha value is -3.43. The summed E-state index contributed by atoms with van der Waals surface area (Å²) in [5, 5.41) is 11.9. The minimum Gasteiger partial charge on any atom is -0.465 e. The molecular weight excluding hydrogens is 418 g/mol. The number of amides is 2. The van der Waals surface area contributed by atoms with Crippen molar-refractivity contribution in [2.75, 3.05) is 26.7 Å². The molecule has 10 heteroatoms. The molecule has 0 radical (unpaired) electrons. The largest absolute Gasteiger partial charge is 0.465 e. The summed E-state index contributed by atoms with van der Waals surface area (Å²) in [6, 6.07) is 4.00. The summed E-state index contributed by atoms with van der Waals surface area (Å²) in [6.07, 6.45) is 1.79. The van der Waals surface area contributed by atoms with Crippen molar-refractivity contribution in [2.24, 2.45) is 5.41 Å². The number of ether oxygens (including phenoxy) is 2. The molecule has 0 N–H and O–H groups in total. The molecule has 0 aliphatic carbocycles. The molecule has 0 atom stereocenters. The summed E-state index contributed by atoms with van der Waals surface area (Å²) >= 11 is 0. The van der Waals surface area contributed by atoms with Crippen LogP contribution in [-0.4, -0.2) is 65.0 Å². The fourth-order valence-corrected chi connectivity index (χ4v) is 3.95. The van der Waals surface area contributed by atoms with Crippen LogP contribution in [0.15, 0.2) is 24.3 Å². The molecule has 0 aromatic heterocycles. The van der Waals surface area contributed by atoms with E-state index in [-0.39, 0.29) is 34.7 Å². The molecule has 2 amide bonds. The first-order chi connectivity index (χ1) is 14.9. The van der Waals surface area contributed by atoms with E-state index in [1.54, 1.807) is 25.7 Å². The standard InChI is InChI=1S/C22H27N3O7/c1-14(26)23-12-22(13-23)8-9-24(20(28)32-21(2,3)4)18(11-22)16-7-6-15(19(27)31-5)10-17(16)25(29)30/h6-7,10-11H,8-9,12-13H2,1-5H3. The van der Waals surface area contributed by atoms with Crippen LogP contribution in [0.3, 0.4) is 0 Å². The monoisotopic (exact) mass is 445 g/mol. The highest BCUT2D eigenvalue weighted by atomic mass is 16.6. The second-order valence-electron chi connectivity index (χ2n) is 9.13. The van der Waals surface area contributed by atoms with Crippen LogP contribution >= 0.6 is 0 Å². The van der Waals surface area contributed by atoms with Crippen LogP contribution in [0.2, 0.25) is 0 Å². The quantitative estimate of drug-likeness (QED) is 0.398. The van der Waals surface area contributed by atoms with Gasteiger partial charge in [-0.1, -0.05) is 0 Å². The van der Waals surface area contributed by atoms with Crippen molar-refractivity contribution in [2.45, 2.75) is 39.7 Å². The zero-order chi connectivity index (χ0) is 23.8. The van der Waals surface area contributed by atoms with E-state index in [0.29, 0.717) is 25.2 Å². The van der Waals surface area contributed by atoms with E-state index >= 15 is 0 Å². The van der Waals surface area contributed by atoms with E-state index in [9.17, 15) is 24.5 Å². The van der Waals surface area contributed by atoms with E-state index < -0.39 is 22.6 Å². The number of rotatable bonds is 3. The van der Waals surface area contributed by atoms with Gasteiger partial charge in [-0.05, 0) is 45.4 Å². The van der Waals surface area contributed by atoms with Crippen LogP contribution in [0.5, 0.6) is 0 Å². The molecule has 1 fully saturated rings. The number of likely N-dealkylation sites (tertiary alicyclic amines) is 1. The molecule has 172 valence electrons. The number of hydrogen-bond donors (Lipinski definition) is 0. The van der Waals surface area contributed by atoms with Gasteiger partial charge in [0, 0.05) is 38.0 Å². The minimum atomic E-state index is -0.750. The second-order valence-corrected chi connectivity index (χ2v) is 9.13. The van der Waals surface area contributed by atoms with E-state index in [4.69, 9.17) is 4.74 Å². The number of carbonyl (C=O) groups excluding carboxylic acids is 3. The summed E-state index contributed by atoms with van der Waals surface area (Å²) in [5.74, 6) is -0.748. The van der Waals surface area contributed by atoms with Crippen molar-refractivity contribution < 1.29 is 28.8 Å². The lowest BCUT2D eigenvalue weighted by Crippen LogP contribution is -2.59. The third kappa shape index (κ3) is 4.58. The highest BCUT2D eigenvalue weighted by molar-refractivity contribution is 5.92. The van der Waals surface area contributed by atoms with Gasteiger partial charge in [-0.3, -0.25) is 19.8 Å². The van der Waals surface area contributed by atoms with Gasteiger partial charge in [-0.25, -0.2) is 9.59 Å². The van der Waals surface area contributed by atoms with Gasteiger partial charge in [0.15, 0.2) is 0 Å². The number of esters is 1. The Labute approximate surface area is 185 Å². The van der Waals surface area contributed by atoms with Crippen molar-refractivity contribution in [3.8, 4) is 0 Å². The lowest BCUT2D eigenvalue weighted by atomic mass is 9.73. The predicted molar refractivity (Wildman–Crippen MR) is 115 cm³/mol. The Balaban J connectivity index is 2.09. The lowest BCUT2D eigenvalue weighted by molar-refractivity contribution is -0.385. The highest BCUT2D eigenvalue weighted by Crippen LogP contribution is 2.44. The fourth-order valence-electron chi connectivity index (χ4n) is 3.95. The average Bonchev–Trinajstić information content (AvgIpc) is 2.68. The second kappa shape index (κ2) is 8.25. The van der Waals surface area contributed by atoms with Crippen LogP contribution in [0, 0.1) is 15.5 Å². The Bertz CT molecular complexity index is 1000. The third-order valence-corrected chi connectivity index (χ3v) is 5.53. The molecule has 2 aliphatic heterocycles. The zero-order valence-corrected chi connectivity index (χ0v) is 18.8. The zero-order valence-electron chi connectivity index (χ0n) is 18.8. The Morgan fingerprint density at radius 1 is 1.19 bits per heavy atom. The van der Waals surface area contributed by atoms with Crippen molar-refractivity contribution in [1.82, 2.24) is 9.80 Å². The van der Waals surface area contributed by atoms with Crippen LogP contribution in [0.25, 0.3) is 5.70 Å². The first-order valence-electron chi connectivity index (χ1n) is 10.2. The van der Waals surface area contributed by atoms with E-state index in [1.165, 1.54) is 31.1 Å². The van der Waals surface area contributed by atoms with Gasteiger partial charge in [0.2, 0.25) is 5.91 Å². The van der Waals surface area contributed by atoms with Crippen LogP contribution in [0.4, 0.5) is 10.5 Å². The van der Waals surface area contributed by atoms with Crippen LogP contribution in [-0.2, 0) is 14.3 Å². The number of nitro benzene ring substituents is 1. The van der Waals surface area contributed by atoms with Gasteiger partial charge in [-0.15, -0.1) is 0 Å². The SMILES string of the molecule is COC(=O)c1ccc(C2=CC3(CCN2C(=O)OC(C)(C)C)CN(C(C)=O)C3)c([N+](=O)[O-])c1. The number of nitro groups is 1. The normalized spacial score (nSPS) is 17.3. The highest BCUT2D eigenvalue weighted by Gasteiger charge is 2.47. The first-order valence-corrected chi connectivity index (χ1v) is 10.2. The van der Waals surface area contributed by atoms with E-state index in [1.807, 2.05) is 6.08 Å². The van der Waals surface area contributed by atoms with Crippen molar-refractivity contribution in [3.63, 3.8) is 0 Å². The summed E-state index contributed by atoms with van der Waals surface area (Å²) in [5.41, 5.74) is -0.906. The van der Waals surface area contributed by atoms with Crippen molar-refractivity contribution >= 4 is 29.4 Å². The number of carbonyl (C=O) groups is 3. The summed E-state index contributed by atoms with van der Waals surface area (Å²) in [4.78, 5) is 50.8. The Kier molecular flexibility index (Phi) is 5.99. The summed E-state index contributed by atoms with van der Waals surface area (Å²) < 4.78 is 10.2. The maximum Gasteiger partial charge on any atom is 0.414 e. The number of hydrogen-bond acceptors (Lipinski definition) is 7. The van der Waals surface area contributed by atoms with Gasteiger partial charge in [0.25, 0.3) is 5.69 Å². The molecule has 1 saturated heterocycles. The minimum absolute atomic E-state index is 0.0317. The van der Waals surface area contributed by atoms with Gasteiger partial charge < -0.3 is 14.4 Å². The fraction of sp³-hybridized carbons (Fsp3) is 0.500. The molecule has 1 spiro atoms. The topological polar surface area (TPSA) is 119 Å². The molecule has 10 nitrogen and oxygen atoms in total. The van der Waals surface area contributed by atoms with Gasteiger partial charge in [-0.2, -0.15) is 0 Å². The maximum atomic E-state index is 12.9. The van der Waals surface area contributed by atoms with Gasteiger partial charge in [0.1, 0.15) is 5.60 Å². The van der Waals surface area contributed by atoms with E-state index in [2.05, 4.69) is 4.74 Å². The molecule has 2 aliphatic rings. The molecule has 32 heavy (non-hydrogen) atoms. The summed E-state index contributed by atoms with van der Waals surface area (Å²) in [6.45, 7) is 7.94. The lowest BCUT2D eigenvalue weighted by Gasteiger charge is -2.51. The molecule has 2 heterocycles. The van der Waals surface area contributed by atoms with Crippen LogP contribution < -0.4 is 0 Å². The Morgan fingerprint density at radius 2 is 1.84 bits per heavy atom. The molecule has 0 bridgehead atoms. The molecule has 1 aromatic rings. The molecule has 0 unspecified atom stereocenters. The third-order valence-electron chi connectivity index (χ3n) is 5.53. The van der Waals surface area contributed by atoms with Crippen LogP contribution in [0.1, 0.15) is 50.0 Å².